The molecule has 1 aromatic rings. The van der Waals surface area contributed by atoms with E-state index in [2.05, 4.69) is 0 Å². The van der Waals surface area contributed by atoms with Gasteiger partial charge in [-0.15, -0.1) is 0 Å². The van der Waals surface area contributed by atoms with E-state index >= 15 is 0 Å². The summed E-state index contributed by atoms with van der Waals surface area (Å²) in [6.07, 6.45) is -9.56. The largest absolute Gasteiger partial charge is 0.394 e. The first-order chi connectivity index (χ1) is 13.7. The Kier molecular flexibility index (Phi) is 6.21. The van der Waals surface area contributed by atoms with Crippen LogP contribution in [0.15, 0.2) is 15.8 Å². The summed E-state index contributed by atoms with van der Waals surface area (Å²) in [4.78, 5) is 26.5. The van der Waals surface area contributed by atoms with Gasteiger partial charge in [-0.05, 0) is 6.92 Å². The molecule has 0 saturated carbocycles. The fourth-order valence-electron chi connectivity index (χ4n) is 3.54. The minimum absolute atomic E-state index is 0.137. The number of rotatable bonds is 6. The van der Waals surface area contributed by atoms with Crippen molar-refractivity contribution in [1.82, 2.24) is 9.55 Å². The molecule has 13 heteroatoms. The fraction of sp³-hybridized carbons (Fsp3) is 0.750. The molecule has 12 nitrogen and oxygen atoms in total. The average Bonchev–Trinajstić information content (AvgIpc) is 3.10. The van der Waals surface area contributed by atoms with Crippen LogP contribution in [-0.2, 0) is 14.2 Å². The van der Waals surface area contributed by atoms with Crippen molar-refractivity contribution < 1.29 is 44.1 Å². The topological polar surface area (TPSA) is 184 Å². The number of nitrogens with one attached hydrogen (secondary N) is 1. The number of alkyl halides is 1. The van der Waals surface area contributed by atoms with Crippen LogP contribution in [0.25, 0.3) is 0 Å². The minimum Gasteiger partial charge on any atom is -0.394 e. The van der Waals surface area contributed by atoms with E-state index in [1.54, 1.807) is 6.92 Å². The standard InChI is InChI=1S/C16H23FN2O10/c1-2-27-11-9(22)7(4-20)28-10(11)6-3-19(15(25)18-13(6)24)14-16(17,26)12(23)8(5-21)29-14/h3,7-12,14,20-23,26H,2,4-5H2,1H3,(H,18,24,25)/t7-,8+,9-,10+,11+,12+,14+,16+/m0/s1. The zero-order valence-electron chi connectivity index (χ0n) is 15.3. The van der Waals surface area contributed by atoms with Crippen LogP contribution in [0.3, 0.4) is 0 Å². The van der Waals surface area contributed by atoms with E-state index in [4.69, 9.17) is 19.3 Å². The molecule has 2 aliphatic heterocycles. The lowest BCUT2D eigenvalue weighted by Gasteiger charge is -2.25. The molecule has 2 aliphatic rings. The SMILES string of the molecule is CCO[C@@H]1[C@@H](O)[C@H](CO)O[C@@H]1c1cn([C@@H]2O[C@H](CO)[C@@H](O)[C@]2(O)F)c(=O)[nH]c1=O. The molecule has 3 heterocycles. The number of H-pyrrole nitrogens is 1. The predicted molar refractivity (Wildman–Crippen MR) is 90.5 cm³/mol. The van der Waals surface area contributed by atoms with Gasteiger partial charge in [-0.25, -0.2) is 9.18 Å². The van der Waals surface area contributed by atoms with E-state index < -0.39 is 73.2 Å². The molecule has 0 unspecified atom stereocenters. The van der Waals surface area contributed by atoms with Crippen LogP contribution in [0.4, 0.5) is 4.39 Å². The molecule has 6 N–H and O–H groups in total. The number of aromatic nitrogens is 2. The van der Waals surface area contributed by atoms with Crippen LogP contribution in [0, 0.1) is 0 Å². The average molecular weight is 422 g/mol. The van der Waals surface area contributed by atoms with Gasteiger partial charge in [0.1, 0.15) is 36.6 Å². The smallest absolute Gasteiger partial charge is 0.330 e. The third-order valence-corrected chi connectivity index (χ3v) is 5.03. The number of aliphatic hydroxyl groups is 5. The number of ether oxygens (including phenoxy) is 3. The summed E-state index contributed by atoms with van der Waals surface area (Å²) >= 11 is 0. The Morgan fingerprint density at radius 2 is 1.90 bits per heavy atom. The van der Waals surface area contributed by atoms with Crippen molar-refractivity contribution >= 4 is 0 Å². The van der Waals surface area contributed by atoms with Crippen LogP contribution in [0.5, 0.6) is 0 Å². The Labute approximate surface area is 162 Å². The highest BCUT2D eigenvalue weighted by Crippen LogP contribution is 2.39. The van der Waals surface area contributed by atoms with Crippen LogP contribution in [-0.4, -0.2) is 91.3 Å². The van der Waals surface area contributed by atoms with E-state index in [1.165, 1.54) is 0 Å². The van der Waals surface area contributed by atoms with Crippen molar-refractivity contribution in [3.63, 3.8) is 0 Å². The van der Waals surface area contributed by atoms with Crippen LogP contribution < -0.4 is 11.2 Å². The van der Waals surface area contributed by atoms with Crippen LogP contribution >= 0.6 is 0 Å². The van der Waals surface area contributed by atoms with Gasteiger partial charge >= 0.3 is 5.69 Å². The summed E-state index contributed by atoms with van der Waals surface area (Å²) < 4.78 is 31.1. The first-order valence-corrected chi connectivity index (χ1v) is 8.94. The highest BCUT2D eigenvalue weighted by Gasteiger charge is 2.58. The third-order valence-electron chi connectivity index (χ3n) is 5.03. The van der Waals surface area contributed by atoms with Gasteiger partial charge in [-0.3, -0.25) is 14.3 Å². The number of aliphatic hydroxyl groups excluding tert-OH is 4. The van der Waals surface area contributed by atoms with E-state index in [0.29, 0.717) is 4.57 Å². The number of hydrogen-bond donors (Lipinski definition) is 6. The van der Waals surface area contributed by atoms with Gasteiger partial charge in [0.25, 0.3) is 11.4 Å². The van der Waals surface area contributed by atoms with Gasteiger partial charge in [-0.2, -0.15) is 0 Å². The summed E-state index contributed by atoms with van der Waals surface area (Å²) in [5.74, 6) is -3.45. The van der Waals surface area contributed by atoms with E-state index in [1.807, 2.05) is 4.98 Å². The molecule has 3 rings (SSSR count). The lowest BCUT2D eigenvalue weighted by Crippen LogP contribution is -2.46. The van der Waals surface area contributed by atoms with Gasteiger partial charge in [-0.1, -0.05) is 0 Å². The van der Waals surface area contributed by atoms with E-state index in [-0.39, 0.29) is 12.2 Å². The summed E-state index contributed by atoms with van der Waals surface area (Å²) in [6, 6.07) is 0. The van der Waals surface area contributed by atoms with Crippen LogP contribution in [0.1, 0.15) is 24.8 Å². The Balaban J connectivity index is 2.05. The van der Waals surface area contributed by atoms with Crippen molar-refractivity contribution in [1.29, 1.82) is 0 Å². The van der Waals surface area contributed by atoms with Crippen molar-refractivity contribution in [2.45, 2.75) is 55.6 Å². The maximum Gasteiger partial charge on any atom is 0.330 e. The quantitative estimate of drug-likeness (QED) is 0.271. The second kappa shape index (κ2) is 8.20. The van der Waals surface area contributed by atoms with E-state index in [0.717, 1.165) is 6.20 Å². The summed E-state index contributed by atoms with van der Waals surface area (Å²) in [5.41, 5.74) is -2.35. The first-order valence-electron chi connectivity index (χ1n) is 8.94. The zero-order chi connectivity index (χ0) is 21.5. The predicted octanol–water partition coefficient (Wildman–Crippen LogP) is -3.36. The Bertz CT molecular complexity index is 842. The van der Waals surface area contributed by atoms with Gasteiger partial charge in [0.15, 0.2) is 6.23 Å². The van der Waals surface area contributed by atoms with Crippen molar-refractivity contribution in [2.75, 3.05) is 19.8 Å². The molecular weight excluding hydrogens is 399 g/mol. The molecule has 0 radical (unpaired) electrons. The lowest BCUT2D eigenvalue weighted by atomic mass is 10.0. The second-order valence-electron chi connectivity index (χ2n) is 6.82. The van der Waals surface area contributed by atoms with Gasteiger partial charge in [0.2, 0.25) is 0 Å². The second-order valence-corrected chi connectivity index (χ2v) is 6.82. The molecular formula is C16H23FN2O10. The molecule has 2 fully saturated rings. The monoisotopic (exact) mass is 422 g/mol. The number of aromatic amines is 1. The van der Waals surface area contributed by atoms with E-state index in [9.17, 15) is 34.4 Å². The van der Waals surface area contributed by atoms with Crippen molar-refractivity contribution in [3.05, 3.63) is 32.6 Å². The third kappa shape index (κ3) is 3.64. The summed E-state index contributed by atoms with van der Waals surface area (Å²) in [6.45, 7) is 0.362. The summed E-state index contributed by atoms with van der Waals surface area (Å²) in [5, 5.41) is 48.5. The Morgan fingerprint density at radius 3 is 2.45 bits per heavy atom. The minimum atomic E-state index is -3.45. The summed E-state index contributed by atoms with van der Waals surface area (Å²) in [7, 11) is 0. The molecule has 29 heavy (non-hydrogen) atoms. The Hall–Kier alpha value is -1.71. The molecule has 0 spiro atoms. The molecule has 0 bridgehead atoms. The molecule has 8 atom stereocenters. The number of nitrogens with zero attached hydrogens (tertiary/aromatic N) is 1. The zero-order valence-corrected chi connectivity index (χ0v) is 15.3. The molecule has 0 amide bonds. The normalized spacial score (nSPS) is 39.9. The molecule has 2 saturated heterocycles. The highest BCUT2D eigenvalue weighted by molar-refractivity contribution is 5.15. The Morgan fingerprint density at radius 1 is 1.24 bits per heavy atom. The van der Waals surface area contributed by atoms with Crippen molar-refractivity contribution in [3.8, 4) is 0 Å². The van der Waals surface area contributed by atoms with Crippen molar-refractivity contribution in [2.24, 2.45) is 0 Å². The fourth-order valence-corrected chi connectivity index (χ4v) is 3.54. The first kappa shape index (κ1) is 22.0. The molecule has 0 aromatic carbocycles. The lowest BCUT2D eigenvalue weighted by molar-refractivity contribution is -0.197. The highest BCUT2D eigenvalue weighted by atomic mass is 19.2. The van der Waals surface area contributed by atoms with Gasteiger partial charge in [0, 0.05) is 12.8 Å². The maximum absolute atomic E-state index is 14.6. The molecule has 0 aliphatic carbocycles. The van der Waals surface area contributed by atoms with Gasteiger partial charge < -0.3 is 39.7 Å². The van der Waals surface area contributed by atoms with Gasteiger partial charge in [0.05, 0.1) is 18.8 Å². The molecule has 1 aromatic heterocycles. The number of hydrogen-bond acceptors (Lipinski definition) is 10. The molecule has 164 valence electrons. The van der Waals surface area contributed by atoms with Crippen LogP contribution in [0.2, 0.25) is 0 Å². The number of halogens is 1. The maximum atomic E-state index is 14.6.